The van der Waals surface area contributed by atoms with E-state index in [2.05, 4.69) is 5.32 Å². The summed E-state index contributed by atoms with van der Waals surface area (Å²) in [4.78, 5) is 25.1. The van der Waals surface area contributed by atoms with Crippen molar-refractivity contribution in [3.63, 3.8) is 0 Å². The second-order valence-corrected chi connectivity index (χ2v) is 7.58. The molecule has 0 saturated carbocycles. The van der Waals surface area contributed by atoms with Crippen molar-refractivity contribution in [2.24, 2.45) is 0 Å². The van der Waals surface area contributed by atoms with Gasteiger partial charge in [-0.3, -0.25) is 4.79 Å². The zero-order valence-corrected chi connectivity index (χ0v) is 15.2. The highest BCUT2D eigenvalue weighted by Crippen LogP contribution is 2.36. The molecule has 8 heteroatoms. The Hall–Kier alpha value is -2.58. The van der Waals surface area contributed by atoms with E-state index in [1.807, 2.05) is 6.92 Å². The van der Waals surface area contributed by atoms with E-state index in [1.54, 1.807) is 18.2 Å². The molecule has 2 aromatic rings. The van der Waals surface area contributed by atoms with Gasteiger partial charge >= 0.3 is 5.97 Å². The minimum Gasteiger partial charge on any atom is -0.467 e. The first kappa shape index (κ1) is 17.8. The zero-order valence-electron chi connectivity index (χ0n) is 14.4. The third-order valence-corrected chi connectivity index (χ3v) is 5.43. The lowest BCUT2D eigenvalue weighted by molar-refractivity contribution is -0.115. The second kappa shape index (κ2) is 7.21. The van der Waals surface area contributed by atoms with Gasteiger partial charge in [-0.1, -0.05) is 0 Å². The molecule has 1 amide bonds. The summed E-state index contributed by atoms with van der Waals surface area (Å²) >= 11 is 1.43. The fourth-order valence-electron chi connectivity index (χ4n) is 2.93. The maximum absolute atomic E-state index is 13.8. The Morgan fingerprint density at radius 3 is 3.07 bits per heavy atom. The van der Waals surface area contributed by atoms with Crippen molar-refractivity contribution in [1.29, 1.82) is 0 Å². The molecule has 0 fully saturated rings. The number of fused-ring (bicyclic) bond motifs is 2. The molecular weight excluding hydrogens is 373 g/mol. The number of anilines is 1. The first-order valence-electron chi connectivity index (χ1n) is 8.32. The van der Waals surface area contributed by atoms with E-state index in [4.69, 9.17) is 14.2 Å². The summed E-state index contributed by atoms with van der Waals surface area (Å²) < 4.78 is 29.6. The molecule has 2 aliphatic rings. The lowest BCUT2D eigenvalue weighted by Crippen LogP contribution is -2.26. The number of ether oxygens (including phenoxy) is 3. The lowest BCUT2D eigenvalue weighted by atomic mass is 10.1. The molecule has 2 aromatic carbocycles. The molecule has 0 spiro atoms. The van der Waals surface area contributed by atoms with Crippen LogP contribution in [0.25, 0.3) is 0 Å². The van der Waals surface area contributed by atoms with Crippen LogP contribution in [0.1, 0.15) is 28.4 Å². The SMILES string of the molecule is C[C@H]1Sc2ccc(C(=O)OCc3cc(F)cc4c3OCOC4)cc2NC1=O. The van der Waals surface area contributed by atoms with Gasteiger partial charge in [0.05, 0.1) is 23.1 Å². The summed E-state index contributed by atoms with van der Waals surface area (Å²) in [6.45, 7) is 2.00. The summed E-state index contributed by atoms with van der Waals surface area (Å²) in [7, 11) is 0. The van der Waals surface area contributed by atoms with Crippen molar-refractivity contribution in [3.05, 3.63) is 52.8 Å². The molecule has 1 N–H and O–H groups in total. The number of amides is 1. The van der Waals surface area contributed by atoms with Crippen LogP contribution in [0.3, 0.4) is 0 Å². The van der Waals surface area contributed by atoms with Gasteiger partial charge in [-0.05, 0) is 37.3 Å². The van der Waals surface area contributed by atoms with Gasteiger partial charge in [0, 0.05) is 16.0 Å². The van der Waals surface area contributed by atoms with Crippen LogP contribution in [-0.4, -0.2) is 23.9 Å². The molecule has 140 valence electrons. The van der Waals surface area contributed by atoms with Crippen molar-refractivity contribution < 1.29 is 28.2 Å². The third-order valence-electron chi connectivity index (χ3n) is 4.26. The van der Waals surface area contributed by atoms with E-state index in [1.165, 1.54) is 23.9 Å². The van der Waals surface area contributed by atoms with Crippen molar-refractivity contribution in [2.45, 2.75) is 30.3 Å². The minimum absolute atomic E-state index is 0.0696. The van der Waals surface area contributed by atoms with Gasteiger partial charge in [-0.15, -0.1) is 11.8 Å². The van der Waals surface area contributed by atoms with Gasteiger partial charge in [0.1, 0.15) is 18.2 Å². The van der Waals surface area contributed by atoms with Crippen LogP contribution < -0.4 is 10.1 Å². The second-order valence-electron chi connectivity index (χ2n) is 6.20. The minimum atomic E-state index is -0.569. The predicted molar refractivity (Wildman–Crippen MR) is 96.2 cm³/mol. The van der Waals surface area contributed by atoms with Gasteiger partial charge in [-0.25, -0.2) is 9.18 Å². The monoisotopic (exact) mass is 389 g/mol. The van der Waals surface area contributed by atoms with E-state index < -0.39 is 11.8 Å². The number of carbonyl (C=O) groups is 2. The topological polar surface area (TPSA) is 73.9 Å². The molecule has 1 atom stereocenters. The van der Waals surface area contributed by atoms with Gasteiger partial charge in [-0.2, -0.15) is 0 Å². The Balaban J connectivity index is 1.50. The summed E-state index contributed by atoms with van der Waals surface area (Å²) in [5, 5.41) is 2.59. The van der Waals surface area contributed by atoms with Crippen LogP contribution in [0.15, 0.2) is 35.2 Å². The van der Waals surface area contributed by atoms with Gasteiger partial charge in [0.2, 0.25) is 5.91 Å². The largest absolute Gasteiger partial charge is 0.467 e. The smallest absolute Gasteiger partial charge is 0.338 e. The van der Waals surface area contributed by atoms with Crippen molar-refractivity contribution in [3.8, 4) is 5.75 Å². The highest BCUT2D eigenvalue weighted by Gasteiger charge is 2.24. The average Bonchev–Trinajstić information content (AvgIpc) is 2.66. The molecule has 0 saturated heterocycles. The number of hydrogen-bond acceptors (Lipinski definition) is 6. The lowest BCUT2D eigenvalue weighted by Gasteiger charge is -2.22. The quantitative estimate of drug-likeness (QED) is 0.811. The highest BCUT2D eigenvalue weighted by molar-refractivity contribution is 8.00. The van der Waals surface area contributed by atoms with E-state index in [-0.39, 0.29) is 31.2 Å². The molecule has 2 aliphatic heterocycles. The molecule has 0 aliphatic carbocycles. The van der Waals surface area contributed by atoms with E-state index in [9.17, 15) is 14.0 Å². The van der Waals surface area contributed by atoms with Crippen molar-refractivity contribution in [1.82, 2.24) is 0 Å². The summed E-state index contributed by atoms with van der Waals surface area (Å²) in [5.74, 6) is -0.639. The molecule has 0 unspecified atom stereocenters. The maximum atomic E-state index is 13.8. The molecule has 27 heavy (non-hydrogen) atoms. The molecule has 4 rings (SSSR count). The Morgan fingerprint density at radius 1 is 1.37 bits per heavy atom. The fourth-order valence-corrected chi connectivity index (χ4v) is 3.86. The molecule has 0 bridgehead atoms. The van der Waals surface area contributed by atoms with E-state index in [0.717, 1.165) is 4.90 Å². The number of halogens is 1. The van der Waals surface area contributed by atoms with Crippen molar-refractivity contribution >= 4 is 29.3 Å². The number of esters is 1. The van der Waals surface area contributed by atoms with Crippen LogP contribution in [0.2, 0.25) is 0 Å². The van der Waals surface area contributed by atoms with Gasteiger partial charge in [0.25, 0.3) is 0 Å². The average molecular weight is 389 g/mol. The number of benzene rings is 2. The summed E-state index contributed by atoms with van der Waals surface area (Å²) in [6.07, 6.45) is 0. The number of carbonyl (C=O) groups excluding carboxylic acids is 2. The summed E-state index contributed by atoms with van der Waals surface area (Å²) in [6, 6.07) is 7.62. The summed E-state index contributed by atoms with van der Waals surface area (Å²) in [5.41, 5.74) is 1.91. The van der Waals surface area contributed by atoms with Gasteiger partial charge in [0.15, 0.2) is 6.79 Å². The van der Waals surface area contributed by atoms with E-state index in [0.29, 0.717) is 28.1 Å². The Bertz CT molecular complexity index is 933. The first-order valence-corrected chi connectivity index (χ1v) is 9.20. The number of rotatable bonds is 3. The molecule has 6 nitrogen and oxygen atoms in total. The van der Waals surface area contributed by atoms with Crippen LogP contribution >= 0.6 is 11.8 Å². The van der Waals surface area contributed by atoms with Crippen LogP contribution in [0.4, 0.5) is 10.1 Å². The molecule has 0 radical (unpaired) electrons. The molecule has 2 heterocycles. The van der Waals surface area contributed by atoms with Crippen LogP contribution in [0, 0.1) is 5.82 Å². The number of thioether (sulfide) groups is 1. The fraction of sp³-hybridized carbons (Fsp3) is 0.263. The maximum Gasteiger partial charge on any atom is 0.338 e. The zero-order chi connectivity index (χ0) is 19.0. The van der Waals surface area contributed by atoms with E-state index >= 15 is 0 Å². The molecular formula is C19H16FNO5S. The predicted octanol–water partition coefficient (Wildman–Crippen LogP) is 3.48. The van der Waals surface area contributed by atoms with Crippen molar-refractivity contribution in [2.75, 3.05) is 12.1 Å². The molecule has 0 aromatic heterocycles. The van der Waals surface area contributed by atoms with Crippen LogP contribution in [-0.2, 0) is 27.5 Å². The number of nitrogens with one attached hydrogen (secondary N) is 1. The standard InChI is InChI=1S/C19H16FNO5S/c1-10-18(22)21-15-6-11(2-3-16(15)27-10)19(23)25-8-13-5-14(20)4-12-7-24-9-26-17(12)13/h2-6,10H,7-9H2,1H3,(H,21,22)/t10-/m1/s1. The number of hydrogen-bond donors (Lipinski definition) is 1. The van der Waals surface area contributed by atoms with Gasteiger partial charge < -0.3 is 19.5 Å². The third kappa shape index (κ3) is 3.63. The first-order chi connectivity index (χ1) is 13.0. The highest BCUT2D eigenvalue weighted by atomic mass is 32.2. The Morgan fingerprint density at radius 2 is 2.22 bits per heavy atom. The van der Waals surface area contributed by atoms with Crippen LogP contribution in [0.5, 0.6) is 5.75 Å². The normalized spacial score (nSPS) is 18.0. The Kier molecular flexibility index (Phi) is 4.75. The Labute approximate surface area is 159 Å².